The summed E-state index contributed by atoms with van der Waals surface area (Å²) < 4.78 is 7.27. The highest BCUT2D eigenvalue weighted by Gasteiger charge is 2.41. The van der Waals surface area contributed by atoms with Crippen molar-refractivity contribution in [1.82, 2.24) is 25.4 Å². The van der Waals surface area contributed by atoms with E-state index in [1.165, 1.54) is 18.5 Å². The number of guanidine groups is 1. The Morgan fingerprint density at radius 1 is 1.23 bits per heavy atom. The highest BCUT2D eigenvalue weighted by Crippen LogP contribution is 2.48. The average Bonchev–Trinajstić information content (AvgIpc) is 3.50. The minimum atomic E-state index is 0.355. The van der Waals surface area contributed by atoms with E-state index in [4.69, 9.17) is 9.73 Å². The molecule has 1 aliphatic carbocycles. The lowest BCUT2D eigenvalue weighted by Crippen LogP contribution is -2.41. The molecule has 170 valence electrons. The van der Waals surface area contributed by atoms with Gasteiger partial charge in [0.2, 0.25) is 0 Å². The largest absolute Gasteiger partial charge is 0.385 e. The van der Waals surface area contributed by atoms with E-state index < -0.39 is 0 Å². The van der Waals surface area contributed by atoms with Gasteiger partial charge in [0.15, 0.2) is 11.8 Å². The van der Waals surface area contributed by atoms with Crippen LogP contribution in [0.4, 0.5) is 5.69 Å². The van der Waals surface area contributed by atoms with Crippen molar-refractivity contribution in [3.8, 4) is 0 Å². The molecule has 0 aliphatic heterocycles. The molecule has 0 radical (unpaired) electrons. The second-order valence-electron chi connectivity index (χ2n) is 8.52. The number of nitrogens with zero attached hydrogens (tertiary/aromatic N) is 5. The predicted molar refractivity (Wildman–Crippen MR) is 125 cm³/mol. The summed E-state index contributed by atoms with van der Waals surface area (Å²) in [7, 11) is 5.88. The molecule has 1 aromatic carbocycles. The van der Waals surface area contributed by atoms with Crippen LogP contribution in [0.3, 0.4) is 0 Å². The smallest absolute Gasteiger partial charge is 0.191 e. The van der Waals surface area contributed by atoms with Crippen LogP contribution in [0.15, 0.2) is 35.3 Å². The molecular formula is C23H37N7O. The van der Waals surface area contributed by atoms with Crippen LogP contribution in [-0.2, 0) is 18.3 Å². The Hall–Kier alpha value is -2.61. The van der Waals surface area contributed by atoms with Gasteiger partial charge in [-0.25, -0.2) is 4.99 Å². The van der Waals surface area contributed by atoms with Crippen molar-refractivity contribution in [1.29, 1.82) is 0 Å². The topological polar surface area (TPSA) is 79.6 Å². The van der Waals surface area contributed by atoms with Crippen LogP contribution >= 0.6 is 0 Å². The van der Waals surface area contributed by atoms with E-state index in [-0.39, 0.29) is 0 Å². The zero-order valence-corrected chi connectivity index (χ0v) is 19.4. The number of nitrogens with one attached hydrogen (secondary N) is 2. The zero-order valence-electron chi connectivity index (χ0n) is 19.4. The normalized spacial score (nSPS) is 15.0. The molecule has 2 N–H and O–H groups in total. The number of ether oxygens (including phenoxy) is 1. The molecule has 0 spiro atoms. The number of para-hydroxylation sites is 1. The lowest BCUT2D eigenvalue weighted by Gasteiger charge is -2.21. The second-order valence-corrected chi connectivity index (χ2v) is 8.52. The highest BCUT2D eigenvalue weighted by atomic mass is 16.5. The Morgan fingerprint density at radius 3 is 2.65 bits per heavy atom. The molecule has 0 saturated heterocycles. The van der Waals surface area contributed by atoms with Crippen molar-refractivity contribution >= 4 is 11.6 Å². The molecule has 1 aromatic heterocycles. The molecule has 0 bridgehead atoms. The van der Waals surface area contributed by atoms with Crippen molar-refractivity contribution in [2.45, 2.75) is 39.2 Å². The number of aliphatic imine (C=N–C) groups is 1. The van der Waals surface area contributed by atoms with Crippen molar-refractivity contribution < 1.29 is 4.74 Å². The maximum Gasteiger partial charge on any atom is 0.191 e. The molecule has 1 saturated carbocycles. The van der Waals surface area contributed by atoms with Gasteiger partial charge in [0, 0.05) is 53.1 Å². The van der Waals surface area contributed by atoms with E-state index in [2.05, 4.69) is 57.0 Å². The first-order valence-corrected chi connectivity index (χ1v) is 11.2. The minimum Gasteiger partial charge on any atom is -0.385 e. The molecule has 8 nitrogen and oxygen atoms in total. The van der Waals surface area contributed by atoms with Gasteiger partial charge in [-0.2, -0.15) is 0 Å². The van der Waals surface area contributed by atoms with Gasteiger partial charge in [0.05, 0.1) is 0 Å². The summed E-state index contributed by atoms with van der Waals surface area (Å²) >= 11 is 0. The first-order valence-electron chi connectivity index (χ1n) is 11.2. The van der Waals surface area contributed by atoms with E-state index in [0.717, 1.165) is 56.7 Å². The molecule has 1 aliphatic rings. The molecule has 0 unspecified atom stereocenters. The van der Waals surface area contributed by atoms with E-state index >= 15 is 0 Å². The van der Waals surface area contributed by atoms with Crippen LogP contribution in [0.25, 0.3) is 0 Å². The summed E-state index contributed by atoms with van der Waals surface area (Å²) in [6.07, 6.45) is 4.61. The minimum absolute atomic E-state index is 0.355. The second kappa shape index (κ2) is 11.1. The van der Waals surface area contributed by atoms with Crippen LogP contribution in [0.5, 0.6) is 0 Å². The Balaban J connectivity index is 1.52. The fourth-order valence-electron chi connectivity index (χ4n) is 3.53. The molecule has 1 heterocycles. The molecule has 1 fully saturated rings. The maximum atomic E-state index is 5.29. The lowest BCUT2D eigenvalue weighted by atomic mass is 10.0. The van der Waals surface area contributed by atoms with Crippen LogP contribution in [0.1, 0.15) is 37.3 Å². The van der Waals surface area contributed by atoms with Crippen LogP contribution in [0.2, 0.25) is 0 Å². The van der Waals surface area contributed by atoms with Gasteiger partial charge < -0.3 is 24.8 Å². The van der Waals surface area contributed by atoms with E-state index in [1.807, 2.05) is 24.6 Å². The van der Waals surface area contributed by atoms with Gasteiger partial charge in [0.25, 0.3) is 0 Å². The molecular weight excluding hydrogens is 390 g/mol. The third kappa shape index (κ3) is 6.95. The van der Waals surface area contributed by atoms with E-state index in [0.29, 0.717) is 12.0 Å². The van der Waals surface area contributed by atoms with Gasteiger partial charge in [-0.1, -0.05) is 18.2 Å². The summed E-state index contributed by atoms with van der Waals surface area (Å²) in [5.74, 6) is 2.60. The first kappa shape index (κ1) is 23.1. The number of hydrogen-bond donors (Lipinski definition) is 2. The Labute approximate surface area is 186 Å². The molecule has 0 atom stereocenters. The third-order valence-electron chi connectivity index (χ3n) is 6.15. The van der Waals surface area contributed by atoms with Gasteiger partial charge in [-0.3, -0.25) is 0 Å². The van der Waals surface area contributed by atoms with E-state index in [1.54, 1.807) is 7.11 Å². The van der Waals surface area contributed by atoms with Crippen molar-refractivity contribution in [2.75, 3.05) is 45.3 Å². The standard InChI is InChI=1S/C23H37N7O/c1-19-27-28-21(30(19)3)17-25-22(26-18-23(11-12-23)13-16-31-4)24-14-8-15-29(2)20-9-6-5-7-10-20/h5-7,9-10H,8,11-18H2,1-4H3,(H2,24,25,26). The Bertz CT molecular complexity index is 830. The first-order chi connectivity index (χ1) is 15.0. The van der Waals surface area contributed by atoms with Gasteiger partial charge in [0.1, 0.15) is 12.4 Å². The summed E-state index contributed by atoms with van der Waals surface area (Å²) in [6, 6.07) is 10.5. The molecule has 31 heavy (non-hydrogen) atoms. The van der Waals surface area contributed by atoms with Crippen LogP contribution in [0, 0.1) is 12.3 Å². The summed E-state index contributed by atoms with van der Waals surface area (Å²) in [6.45, 7) is 6.02. The predicted octanol–water partition coefficient (Wildman–Crippen LogP) is 2.50. The van der Waals surface area contributed by atoms with E-state index in [9.17, 15) is 0 Å². The molecule has 0 amide bonds. The molecule has 3 rings (SSSR count). The number of hydrogen-bond acceptors (Lipinski definition) is 5. The molecule has 2 aromatic rings. The number of methoxy groups -OCH3 is 1. The quantitative estimate of drug-likeness (QED) is 0.308. The lowest BCUT2D eigenvalue weighted by molar-refractivity contribution is 0.172. The van der Waals surface area contributed by atoms with Gasteiger partial charge in [-0.05, 0) is 50.2 Å². The fraction of sp³-hybridized carbons (Fsp3) is 0.609. The maximum absolute atomic E-state index is 5.29. The summed E-state index contributed by atoms with van der Waals surface area (Å²) in [4.78, 5) is 7.06. The SMILES string of the molecule is COCCC1(CNC(=NCc2nnc(C)n2C)NCCCN(C)c2ccccc2)CC1. The monoisotopic (exact) mass is 427 g/mol. The number of benzene rings is 1. The van der Waals surface area contributed by atoms with Crippen LogP contribution in [-0.4, -0.2) is 61.1 Å². The van der Waals surface area contributed by atoms with Crippen molar-refractivity contribution in [3.63, 3.8) is 0 Å². The van der Waals surface area contributed by atoms with Crippen molar-refractivity contribution in [3.05, 3.63) is 42.0 Å². The number of aromatic nitrogens is 3. The number of anilines is 1. The third-order valence-corrected chi connectivity index (χ3v) is 6.15. The van der Waals surface area contributed by atoms with Crippen molar-refractivity contribution in [2.24, 2.45) is 17.5 Å². The number of aryl methyl sites for hydroxylation is 1. The van der Waals surface area contributed by atoms with Gasteiger partial charge >= 0.3 is 0 Å². The summed E-state index contributed by atoms with van der Waals surface area (Å²) in [5, 5.41) is 15.4. The van der Waals surface area contributed by atoms with Crippen LogP contribution < -0.4 is 15.5 Å². The summed E-state index contributed by atoms with van der Waals surface area (Å²) in [5.41, 5.74) is 1.59. The average molecular weight is 428 g/mol. The zero-order chi connectivity index (χ0) is 22.1. The Kier molecular flexibility index (Phi) is 8.28. The Morgan fingerprint density at radius 2 is 2.00 bits per heavy atom. The number of rotatable bonds is 12. The molecule has 8 heteroatoms. The van der Waals surface area contributed by atoms with Gasteiger partial charge in [-0.15, -0.1) is 10.2 Å². The highest BCUT2D eigenvalue weighted by molar-refractivity contribution is 5.79. The fourth-order valence-corrected chi connectivity index (χ4v) is 3.53.